The van der Waals surface area contributed by atoms with Gasteiger partial charge in [0.2, 0.25) is 0 Å². The van der Waals surface area contributed by atoms with Crippen molar-refractivity contribution in [2.75, 3.05) is 4.90 Å². The lowest BCUT2D eigenvalue weighted by molar-refractivity contribution is -0.122. The van der Waals surface area contributed by atoms with E-state index in [1.165, 1.54) is 42.5 Å². The van der Waals surface area contributed by atoms with Gasteiger partial charge in [0.25, 0.3) is 11.8 Å². The number of imide groups is 2. The summed E-state index contributed by atoms with van der Waals surface area (Å²) in [5.41, 5.74) is 1.27. The first-order chi connectivity index (χ1) is 20.9. The van der Waals surface area contributed by atoms with E-state index in [1.54, 1.807) is 42.5 Å². The predicted octanol–water partition coefficient (Wildman–Crippen LogP) is 6.97. The number of anilines is 1. The van der Waals surface area contributed by atoms with E-state index in [0.29, 0.717) is 21.4 Å². The van der Waals surface area contributed by atoms with E-state index in [-0.39, 0.29) is 33.5 Å². The minimum absolute atomic E-state index is 0.0191. The van der Waals surface area contributed by atoms with Gasteiger partial charge in [-0.15, -0.1) is 0 Å². The summed E-state index contributed by atoms with van der Waals surface area (Å²) in [4.78, 5) is 39.6. The molecule has 9 nitrogen and oxygen atoms in total. The van der Waals surface area contributed by atoms with Gasteiger partial charge in [0, 0.05) is 26.2 Å². The number of rotatable bonds is 8. The van der Waals surface area contributed by atoms with E-state index >= 15 is 0 Å². The standard InChI is InChI=1S/C31H21Cl3N2O7S/c1-18-2-11-25(12-3-18)44(40,41)43-28-13-6-21(32)14-20(28)15-26-29(37)35-31(39)36(30(26)38)23-7-9-24(10-8-23)42-17-19-4-5-22(33)16-27(19)34/h2-16H,17H2,1H3,(H,35,37,39)/b26-15+. The van der Waals surface area contributed by atoms with E-state index in [4.69, 9.17) is 43.7 Å². The molecule has 0 spiro atoms. The maximum atomic E-state index is 13.5. The number of amides is 4. The van der Waals surface area contributed by atoms with Crippen molar-refractivity contribution >= 4 is 74.5 Å². The van der Waals surface area contributed by atoms with Crippen LogP contribution in [0.25, 0.3) is 6.08 Å². The van der Waals surface area contributed by atoms with Gasteiger partial charge in [-0.1, -0.05) is 58.6 Å². The Kier molecular flexibility index (Phi) is 8.98. The molecule has 1 aliphatic rings. The van der Waals surface area contributed by atoms with Gasteiger partial charge in [0.05, 0.1) is 5.69 Å². The Hall–Kier alpha value is -4.35. The summed E-state index contributed by atoms with van der Waals surface area (Å²) in [5, 5.41) is 3.24. The number of hydrogen-bond acceptors (Lipinski definition) is 7. The summed E-state index contributed by atoms with van der Waals surface area (Å²) < 4.78 is 37.0. The van der Waals surface area contributed by atoms with Crippen molar-refractivity contribution in [1.29, 1.82) is 0 Å². The van der Waals surface area contributed by atoms with Crippen LogP contribution in [-0.4, -0.2) is 26.3 Å². The summed E-state index contributed by atoms with van der Waals surface area (Å²) in [7, 11) is -4.27. The molecule has 5 rings (SSSR count). The maximum absolute atomic E-state index is 13.5. The molecule has 1 saturated heterocycles. The van der Waals surface area contributed by atoms with Crippen LogP contribution in [0.15, 0.2) is 95.4 Å². The smallest absolute Gasteiger partial charge is 0.339 e. The fraction of sp³-hybridized carbons (Fsp3) is 0.0645. The SMILES string of the molecule is Cc1ccc(S(=O)(=O)Oc2ccc(Cl)cc2/C=C2\C(=O)NC(=O)N(c3ccc(OCc4ccc(Cl)cc4Cl)cc3)C2=O)cc1. The highest BCUT2D eigenvalue weighted by atomic mass is 35.5. The average molecular weight is 672 g/mol. The molecule has 13 heteroatoms. The van der Waals surface area contributed by atoms with Crippen molar-refractivity contribution in [2.45, 2.75) is 18.4 Å². The van der Waals surface area contributed by atoms with Crippen molar-refractivity contribution in [3.63, 3.8) is 0 Å². The summed E-state index contributed by atoms with van der Waals surface area (Å²) in [5.74, 6) is -1.70. The molecule has 0 aromatic heterocycles. The molecule has 0 unspecified atom stereocenters. The Morgan fingerprint density at radius 1 is 0.841 bits per heavy atom. The van der Waals surface area contributed by atoms with E-state index < -0.39 is 33.5 Å². The summed E-state index contributed by atoms with van der Waals surface area (Å²) in [6, 6.07) is 20.1. The van der Waals surface area contributed by atoms with Gasteiger partial charge in [0.15, 0.2) is 0 Å². The number of urea groups is 1. The second kappa shape index (κ2) is 12.7. The molecule has 4 aromatic carbocycles. The largest absolute Gasteiger partial charge is 0.489 e. The van der Waals surface area contributed by atoms with Gasteiger partial charge >= 0.3 is 16.1 Å². The Morgan fingerprint density at radius 2 is 1.50 bits per heavy atom. The van der Waals surface area contributed by atoms with Crippen molar-refractivity contribution in [3.8, 4) is 11.5 Å². The zero-order valence-electron chi connectivity index (χ0n) is 22.7. The first-order valence-corrected chi connectivity index (χ1v) is 15.3. The molecule has 4 amide bonds. The molecular formula is C31H21Cl3N2O7S. The molecule has 1 fully saturated rings. The summed E-state index contributed by atoms with van der Waals surface area (Å²) in [6.45, 7) is 1.95. The number of carbonyl (C=O) groups is 3. The fourth-order valence-corrected chi connectivity index (χ4v) is 5.72. The predicted molar refractivity (Wildman–Crippen MR) is 167 cm³/mol. The van der Waals surface area contributed by atoms with E-state index in [1.807, 2.05) is 6.92 Å². The van der Waals surface area contributed by atoms with Crippen molar-refractivity contribution in [2.24, 2.45) is 0 Å². The molecule has 0 aliphatic carbocycles. The molecule has 0 atom stereocenters. The van der Waals surface area contributed by atoms with Crippen LogP contribution in [0, 0.1) is 6.92 Å². The highest BCUT2D eigenvalue weighted by molar-refractivity contribution is 7.87. The first kappa shape index (κ1) is 31.1. The van der Waals surface area contributed by atoms with Crippen LogP contribution in [-0.2, 0) is 26.3 Å². The van der Waals surface area contributed by atoms with Gasteiger partial charge in [-0.3, -0.25) is 14.9 Å². The van der Waals surface area contributed by atoms with Gasteiger partial charge in [-0.2, -0.15) is 8.42 Å². The Balaban J connectivity index is 1.40. The third kappa shape index (κ3) is 6.89. The highest BCUT2D eigenvalue weighted by Gasteiger charge is 2.37. The number of ether oxygens (including phenoxy) is 1. The maximum Gasteiger partial charge on any atom is 0.339 e. The van der Waals surface area contributed by atoms with Crippen LogP contribution in [0.2, 0.25) is 15.1 Å². The highest BCUT2D eigenvalue weighted by Crippen LogP contribution is 2.31. The van der Waals surface area contributed by atoms with Crippen LogP contribution in [0.4, 0.5) is 10.5 Å². The number of halogens is 3. The lowest BCUT2D eigenvalue weighted by atomic mass is 10.1. The number of benzene rings is 4. The van der Waals surface area contributed by atoms with Gasteiger partial charge in [-0.25, -0.2) is 9.69 Å². The fourth-order valence-electron chi connectivity index (χ4n) is 4.12. The van der Waals surface area contributed by atoms with E-state index in [9.17, 15) is 22.8 Å². The minimum atomic E-state index is -4.27. The normalized spacial score (nSPS) is 14.5. The molecule has 1 aliphatic heterocycles. The van der Waals surface area contributed by atoms with Crippen LogP contribution in [0.1, 0.15) is 16.7 Å². The third-order valence-electron chi connectivity index (χ3n) is 6.39. The second-order valence-corrected chi connectivity index (χ2v) is 12.3. The number of aryl methyl sites for hydroxylation is 1. The van der Waals surface area contributed by atoms with Gasteiger partial charge < -0.3 is 8.92 Å². The zero-order chi connectivity index (χ0) is 31.6. The molecule has 0 bridgehead atoms. The zero-order valence-corrected chi connectivity index (χ0v) is 25.8. The Bertz CT molecular complexity index is 1930. The van der Waals surface area contributed by atoms with Crippen LogP contribution in [0.5, 0.6) is 11.5 Å². The van der Waals surface area contributed by atoms with Crippen molar-refractivity contribution in [3.05, 3.63) is 122 Å². The monoisotopic (exact) mass is 670 g/mol. The number of hydrogen-bond donors (Lipinski definition) is 1. The van der Waals surface area contributed by atoms with Gasteiger partial charge in [-0.05, 0) is 79.7 Å². The topological polar surface area (TPSA) is 119 Å². The lowest BCUT2D eigenvalue weighted by Gasteiger charge is -2.26. The number of barbiturate groups is 1. The summed E-state index contributed by atoms with van der Waals surface area (Å²) >= 11 is 18.3. The van der Waals surface area contributed by atoms with E-state index in [0.717, 1.165) is 16.5 Å². The molecule has 0 saturated carbocycles. The lowest BCUT2D eigenvalue weighted by Crippen LogP contribution is -2.54. The number of nitrogens with one attached hydrogen (secondary N) is 1. The Labute approximate surface area is 267 Å². The summed E-state index contributed by atoms with van der Waals surface area (Å²) in [6.07, 6.45) is 1.11. The van der Waals surface area contributed by atoms with E-state index in [2.05, 4.69) is 5.32 Å². The van der Waals surface area contributed by atoms with Gasteiger partial charge in [0.1, 0.15) is 28.6 Å². The first-order valence-electron chi connectivity index (χ1n) is 12.8. The second-order valence-electron chi connectivity index (χ2n) is 9.51. The average Bonchev–Trinajstić information content (AvgIpc) is 2.97. The number of nitrogens with zero attached hydrogens (tertiary/aromatic N) is 1. The minimum Gasteiger partial charge on any atom is -0.489 e. The third-order valence-corrected chi connectivity index (χ3v) is 8.46. The van der Waals surface area contributed by atoms with Crippen LogP contribution in [0.3, 0.4) is 0 Å². The molecule has 0 radical (unpaired) electrons. The molecule has 224 valence electrons. The molecule has 1 heterocycles. The van der Waals surface area contributed by atoms with Crippen LogP contribution < -0.4 is 19.1 Å². The Morgan fingerprint density at radius 3 is 2.18 bits per heavy atom. The van der Waals surface area contributed by atoms with Crippen molar-refractivity contribution in [1.82, 2.24) is 5.32 Å². The number of carbonyl (C=O) groups excluding carboxylic acids is 3. The molecule has 44 heavy (non-hydrogen) atoms. The van der Waals surface area contributed by atoms with Crippen molar-refractivity contribution < 1.29 is 31.7 Å². The van der Waals surface area contributed by atoms with Crippen LogP contribution >= 0.6 is 34.8 Å². The molecule has 4 aromatic rings. The quantitative estimate of drug-likeness (QED) is 0.122. The molecular weight excluding hydrogens is 651 g/mol. The molecule has 1 N–H and O–H groups in total.